The maximum atomic E-state index is 14.6. The van der Waals surface area contributed by atoms with Gasteiger partial charge in [0.2, 0.25) is 5.95 Å². The molecule has 10 heterocycles. The van der Waals surface area contributed by atoms with Gasteiger partial charge in [-0.25, -0.2) is 54.2 Å². The standard InChI is InChI=1S/C26H28N8O2.C24H21F3N6O.C24H24FN7O2.3H2S/c1-17(19-4-3-5-20-21(25(35)27-2)6-7-28-24(19)20)13-29-23-12-22(32-16-33-23)18-14-30-26(31-15-18)34-8-10-36-11-9-34;1-14(16-4-3-5-17-18(23(34)28-2)8-9-29-22(16)17)11-31-21-10-19(32-13-33-21)15-6-7-20(30-12-15)24(25,26)27;1-4-34-24-29-11-15(12-30-24)19-9-20(32-13-31-19)28-10-14(2)16-5-6-18(25)21-17(23(33)26-3)7-8-27-22(16)21;;;/h3-7,12,14-17H,8-11,13H2,1-2H3,(H,27,35)(H,29,32,33);3-10,12-14H,11H2,1-2H3,(H,28,34)(H,31,32,33);5-9,11-14H,4,10H2,1-3H3,(H,26,33)(H,28,31,32);3*1H2/t17-;2*14-;;;/m111.../s1. The Morgan fingerprint density at radius 3 is 1.36 bits per heavy atom. The summed E-state index contributed by atoms with van der Waals surface area (Å²) in [6.45, 7) is 13.1. The van der Waals surface area contributed by atoms with Crippen LogP contribution in [0, 0.1) is 5.82 Å². The number of benzene rings is 3. The lowest BCUT2D eigenvalue weighted by molar-refractivity contribution is -0.141. The van der Waals surface area contributed by atoms with Gasteiger partial charge in [-0.3, -0.25) is 34.3 Å². The number of nitrogens with one attached hydrogen (secondary N) is 6. The first kappa shape index (κ1) is 81.3. The van der Waals surface area contributed by atoms with Crippen molar-refractivity contribution in [2.45, 2.75) is 51.6 Å². The average Bonchev–Trinajstić information content (AvgIpc) is 0.799. The highest BCUT2D eigenvalue weighted by Crippen LogP contribution is 2.33. The van der Waals surface area contributed by atoms with Gasteiger partial charge in [-0.1, -0.05) is 63.2 Å². The molecular formula is C74H79F4N21O5S3. The van der Waals surface area contributed by atoms with E-state index >= 15 is 0 Å². The first-order valence-corrected chi connectivity index (χ1v) is 33.2. The van der Waals surface area contributed by atoms with E-state index in [-0.39, 0.29) is 86.9 Å². The SMILES string of the molecule is CCOc1ncc(-c2cc(NC[C@@H](C)c3ccc(F)c4c(C(=O)NC)ccnc34)ncn2)cn1.CNC(=O)c1ccnc2c([C@H](C)CNc3cc(-c4ccc(C(F)(F)F)nc4)ncn3)cccc12.CNC(=O)c1ccnc2c([C@H](C)CNc3cc(-c4cnc(N5CCOCC5)nc4)ncn3)cccc12.S.S.S. The minimum Gasteiger partial charge on any atom is -0.464 e. The minimum atomic E-state index is -4.50. The van der Waals surface area contributed by atoms with Crippen LogP contribution in [-0.4, -0.2) is 161 Å². The summed E-state index contributed by atoms with van der Waals surface area (Å²) in [4.78, 5) is 98.8. The first-order valence-electron chi connectivity index (χ1n) is 33.2. The number of ether oxygens (including phenoxy) is 2. The van der Waals surface area contributed by atoms with Crippen molar-refractivity contribution in [3.63, 3.8) is 0 Å². The van der Waals surface area contributed by atoms with Crippen LogP contribution in [0.1, 0.15) is 98.9 Å². The molecule has 1 saturated heterocycles. The van der Waals surface area contributed by atoms with Crippen LogP contribution in [0.25, 0.3) is 66.5 Å². The molecule has 33 heteroatoms. The van der Waals surface area contributed by atoms with Crippen molar-refractivity contribution in [2.24, 2.45) is 0 Å². The molecule has 0 unspecified atom stereocenters. The number of fused-ring (bicyclic) bond motifs is 3. The van der Waals surface area contributed by atoms with E-state index in [4.69, 9.17) is 9.47 Å². The molecule has 556 valence electrons. The van der Waals surface area contributed by atoms with Gasteiger partial charge in [-0.05, 0) is 60.0 Å². The lowest BCUT2D eigenvalue weighted by Crippen LogP contribution is -2.37. The predicted molar refractivity (Wildman–Crippen MR) is 418 cm³/mol. The van der Waals surface area contributed by atoms with Gasteiger partial charge in [0, 0.05) is 172 Å². The number of para-hydroxylation sites is 2. The van der Waals surface area contributed by atoms with Crippen molar-refractivity contribution in [1.29, 1.82) is 0 Å². The zero-order valence-electron chi connectivity index (χ0n) is 59.2. The van der Waals surface area contributed by atoms with E-state index in [9.17, 15) is 31.9 Å². The zero-order valence-corrected chi connectivity index (χ0v) is 62.2. The molecule has 3 aromatic carbocycles. The molecule has 3 atom stereocenters. The van der Waals surface area contributed by atoms with Crippen LogP contribution in [0.3, 0.4) is 0 Å². The van der Waals surface area contributed by atoms with Crippen LogP contribution in [0.4, 0.5) is 41.0 Å². The van der Waals surface area contributed by atoms with E-state index in [0.29, 0.717) is 102 Å². The van der Waals surface area contributed by atoms with Crippen LogP contribution in [0.2, 0.25) is 0 Å². The summed E-state index contributed by atoms with van der Waals surface area (Å²) in [6.07, 6.45) is 12.7. The molecule has 107 heavy (non-hydrogen) atoms. The van der Waals surface area contributed by atoms with Gasteiger partial charge in [0.05, 0.1) is 70.1 Å². The van der Waals surface area contributed by atoms with Gasteiger partial charge in [0.1, 0.15) is 47.9 Å². The predicted octanol–water partition coefficient (Wildman–Crippen LogP) is 11.5. The number of anilines is 4. The normalized spacial score (nSPS) is 12.5. The molecule has 12 aromatic rings. The Balaban J connectivity index is 0.000000200. The second kappa shape index (κ2) is 38.0. The van der Waals surface area contributed by atoms with Crippen molar-refractivity contribution in [1.82, 2.24) is 85.7 Å². The number of hydrogen-bond acceptors (Lipinski definition) is 23. The molecule has 26 nitrogen and oxygen atoms in total. The summed E-state index contributed by atoms with van der Waals surface area (Å²) < 4.78 is 63.6. The van der Waals surface area contributed by atoms with Gasteiger partial charge in [0.15, 0.2) is 0 Å². The van der Waals surface area contributed by atoms with E-state index in [1.165, 1.54) is 50.4 Å². The summed E-state index contributed by atoms with van der Waals surface area (Å²) in [5.41, 5.74) is 9.23. The number of rotatable bonds is 21. The summed E-state index contributed by atoms with van der Waals surface area (Å²) in [5.74, 6) is 1.50. The Hall–Kier alpha value is -11.4. The van der Waals surface area contributed by atoms with Crippen molar-refractivity contribution < 1.29 is 41.4 Å². The van der Waals surface area contributed by atoms with E-state index in [2.05, 4.69) is 114 Å². The van der Waals surface area contributed by atoms with Crippen molar-refractivity contribution in [3.05, 3.63) is 211 Å². The first-order chi connectivity index (χ1) is 50.4. The Bertz CT molecular complexity index is 5000. The third-order valence-corrected chi connectivity index (χ3v) is 17.0. The molecule has 1 aliphatic heterocycles. The number of amides is 3. The number of halogens is 4. The summed E-state index contributed by atoms with van der Waals surface area (Å²) in [5, 5.41) is 19.7. The van der Waals surface area contributed by atoms with Gasteiger partial charge in [0.25, 0.3) is 17.7 Å². The number of carbonyl (C=O) groups excluding carboxylic acids is 3. The maximum Gasteiger partial charge on any atom is 0.433 e. The molecule has 0 radical (unpaired) electrons. The molecule has 3 amide bonds. The monoisotopic (exact) mass is 1510 g/mol. The fourth-order valence-corrected chi connectivity index (χ4v) is 11.5. The minimum absolute atomic E-state index is 0. The third-order valence-electron chi connectivity index (χ3n) is 17.0. The van der Waals surface area contributed by atoms with E-state index in [1.54, 1.807) is 81.6 Å². The highest BCUT2D eigenvalue weighted by Gasteiger charge is 2.32. The zero-order chi connectivity index (χ0) is 73.3. The molecule has 0 saturated carbocycles. The molecule has 0 spiro atoms. The number of pyridine rings is 4. The van der Waals surface area contributed by atoms with Crippen molar-refractivity contribution >= 4 is 114 Å². The second-order valence-electron chi connectivity index (χ2n) is 23.9. The van der Waals surface area contributed by atoms with Crippen LogP contribution >= 0.6 is 40.5 Å². The number of aromatic nitrogens is 14. The number of carbonyl (C=O) groups is 3. The summed E-state index contributed by atoms with van der Waals surface area (Å²) in [7, 11) is 4.73. The largest absolute Gasteiger partial charge is 0.464 e. The highest BCUT2D eigenvalue weighted by molar-refractivity contribution is 7.59. The maximum absolute atomic E-state index is 14.6. The Morgan fingerprint density at radius 2 is 0.916 bits per heavy atom. The molecule has 6 N–H and O–H groups in total. The number of hydrogen-bond donors (Lipinski definition) is 6. The molecule has 1 aliphatic rings. The van der Waals surface area contributed by atoms with Gasteiger partial charge >= 0.3 is 12.2 Å². The number of nitrogens with zero attached hydrogens (tertiary/aromatic N) is 15. The third kappa shape index (κ3) is 19.9. The number of alkyl halides is 3. The van der Waals surface area contributed by atoms with Crippen LogP contribution in [-0.2, 0) is 10.9 Å². The van der Waals surface area contributed by atoms with Crippen LogP contribution in [0.5, 0.6) is 6.01 Å². The fourth-order valence-electron chi connectivity index (χ4n) is 11.5. The second-order valence-corrected chi connectivity index (χ2v) is 23.9. The average molecular weight is 1510 g/mol. The Morgan fingerprint density at radius 1 is 0.495 bits per heavy atom. The molecular weight excluding hydrogens is 1440 g/mol. The van der Waals surface area contributed by atoms with Crippen LogP contribution in [0.15, 0.2) is 166 Å². The van der Waals surface area contributed by atoms with Crippen molar-refractivity contribution in [3.8, 4) is 39.8 Å². The molecule has 0 aliphatic carbocycles. The molecule has 0 bridgehead atoms. The van der Waals surface area contributed by atoms with Gasteiger partial charge < -0.3 is 46.3 Å². The Labute approximate surface area is 634 Å². The molecule has 1 fully saturated rings. The van der Waals surface area contributed by atoms with Crippen molar-refractivity contribution in [2.75, 3.05) is 94.5 Å². The lowest BCUT2D eigenvalue weighted by atomic mass is 9.95. The fraction of sp³-hybridized carbons (Fsp3) is 0.257. The topological polar surface area (TPSA) is 326 Å². The molecule has 9 aromatic heterocycles. The van der Waals surface area contributed by atoms with Crippen LogP contribution < -0.4 is 41.5 Å². The Kier molecular flexibility index (Phi) is 28.9. The molecule has 13 rings (SSSR count). The lowest BCUT2D eigenvalue weighted by Gasteiger charge is -2.26. The van der Waals surface area contributed by atoms with E-state index in [1.807, 2.05) is 63.2 Å². The van der Waals surface area contributed by atoms with Gasteiger partial charge in [-0.15, -0.1) is 0 Å². The quantitative estimate of drug-likeness (QED) is 0.0364. The summed E-state index contributed by atoms with van der Waals surface area (Å²) in [6, 6.07) is 27.6. The van der Waals surface area contributed by atoms with Gasteiger partial charge in [-0.2, -0.15) is 53.7 Å². The highest BCUT2D eigenvalue weighted by atomic mass is 32.1. The number of morpholine rings is 1. The van der Waals surface area contributed by atoms with E-state index in [0.717, 1.165) is 80.7 Å². The summed E-state index contributed by atoms with van der Waals surface area (Å²) >= 11 is 0. The smallest absolute Gasteiger partial charge is 0.433 e. The van der Waals surface area contributed by atoms with E-state index < -0.39 is 17.7 Å².